The van der Waals surface area contributed by atoms with Crippen molar-refractivity contribution in [3.05, 3.63) is 54.6 Å². The van der Waals surface area contributed by atoms with E-state index < -0.39 is 6.10 Å². The number of urea groups is 1. The fraction of sp³-hybridized carbons (Fsp3) is 0.278. The standard InChI is InChI=1S/C18H22N2O3/c1-14(21)12-13-20(2)18(22)19-16-10-6-7-11-17(16)23-15-8-4-3-5-9-15/h3-11,14,21H,12-13H2,1-2H3,(H,19,22). The molecule has 23 heavy (non-hydrogen) atoms. The van der Waals surface area contributed by atoms with Gasteiger partial charge in [0.25, 0.3) is 0 Å². The lowest BCUT2D eigenvalue weighted by Gasteiger charge is -2.20. The monoisotopic (exact) mass is 314 g/mol. The zero-order valence-corrected chi connectivity index (χ0v) is 13.4. The maximum Gasteiger partial charge on any atom is 0.321 e. The molecule has 0 saturated carbocycles. The highest BCUT2D eigenvalue weighted by atomic mass is 16.5. The lowest BCUT2D eigenvalue weighted by atomic mass is 10.2. The molecule has 2 amide bonds. The molecule has 0 bridgehead atoms. The highest BCUT2D eigenvalue weighted by Crippen LogP contribution is 2.29. The third kappa shape index (κ3) is 5.30. The minimum Gasteiger partial charge on any atom is -0.455 e. The molecule has 0 spiro atoms. The minimum atomic E-state index is -0.432. The first-order chi connectivity index (χ1) is 11.1. The largest absolute Gasteiger partial charge is 0.455 e. The molecule has 0 aliphatic rings. The van der Waals surface area contributed by atoms with Gasteiger partial charge in [-0.05, 0) is 37.6 Å². The van der Waals surface area contributed by atoms with E-state index in [0.717, 1.165) is 0 Å². The van der Waals surface area contributed by atoms with E-state index in [-0.39, 0.29) is 6.03 Å². The van der Waals surface area contributed by atoms with Gasteiger partial charge in [0.05, 0.1) is 11.8 Å². The van der Waals surface area contributed by atoms with Crippen LogP contribution in [0, 0.1) is 0 Å². The lowest BCUT2D eigenvalue weighted by Crippen LogP contribution is -2.33. The number of anilines is 1. The van der Waals surface area contributed by atoms with Gasteiger partial charge in [-0.2, -0.15) is 0 Å². The molecular weight excluding hydrogens is 292 g/mol. The number of nitrogens with zero attached hydrogens (tertiary/aromatic N) is 1. The summed E-state index contributed by atoms with van der Waals surface area (Å²) in [5.74, 6) is 1.28. The highest BCUT2D eigenvalue weighted by molar-refractivity contribution is 5.90. The van der Waals surface area contributed by atoms with Crippen molar-refractivity contribution < 1.29 is 14.6 Å². The Bertz CT molecular complexity index is 629. The lowest BCUT2D eigenvalue weighted by molar-refractivity contribution is 0.167. The SMILES string of the molecule is CC(O)CCN(C)C(=O)Nc1ccccc1Oc1ccccc1. The summed E-state index contributed by atoms with van der Waals surface area (Å²) in [7, 11) is 1.69. The third-order valence-electron chi connectivity index (χ3n) is 3.33. The van der Waals surface area contributed by atoms with Crippen LogP contribution in [0.4, 0.5) is 10.5 Å². The van der Waals surface area contributed by atoms with Gasteiger partial charge in [0.15, 0.2) is 5.75 Å². The normalized spacial score (nSPS) is 11.6. The van der Waals surface area contributed by atoms with Gasteiger partial charge in [-0.3, -0.25) is 0 Å². The van der Waals surface area contributed by atoms with E-state index in [1.165, 1.54) is 4.90 Å². The van der Waals surface area contributed by atoms with Gasteiger partial charge in [-0.25, -0.2) is 4.79 Å². The quantitative estimate of drug-likeness (QED) is 0.854. The molecule has 1 atom stereocenters. The second-order valence-corrected chi connectivity index (χ2v) is 5.40. The zero-order valence-electron chi connectivity index (χ0n) is 13.4. The highest BCUT2D eigenvalue weighted by Gasteiger charge is 2.12. The van der Waals surface area contributed by atoms with Gasteiger partial charge in [-0.15, -0.1) is 0 Å². The number of nitrogens with one attached hydrogen (secondary N) is 1. The van der Waals surface area contributed by atoms with Crippen LogP contribution in [-0.4, -0.2) is 35.7 Å². The Morgan fingerprint density at radius 3 is 2.52 bits per heavy atom. The number of carbonyl (C=O) groups is 1. The molecule has 1 unspecified atom stereocenters. The Hall–Kier alpha value is -2.53. The molecule has 122 valence electrons. The molecule has 5 heteroatoms. The fourth-order valence-corrected chi connectivity index (χ4v) is 1.97. The van der Waals surface area contributed by atoms with Crippen molar-refractivity contribution in [2.24, 2.45) is 0 Å². The number of carbonyl (C=O) groups excluding carboxylic acids is 1. The molecule has 0 fully saturated rings. The van der Waals surface area contributed by atoms with Crippen molar-refractivity contribution in [3.8, 4) is 11.5 Å². The molecule has 0 aromatic heterocycles. The Labute approximate surface area is 136 Å². The number of amides is 2. The number of para-hydroxylation sites is 3. The molecule has 0 aliphatic carbocycles. The number of aliphatic hydroxyl groups excluding tert-OH is 1. The number of benzene rings is 2. The maximum absolute atomic E-state index is 12.2. The first-order valence-corrected chi connectivity index (χ1v) is 7.58. The fourth-order valence-electron chi connectivity index (χ4n) is 1.97. The summed E-state index contributed by atoms with van der Waals surface area (Å²) in [5, 5.41) is 12.1. The van der Waals surface area contributed by atoms with Gasteiger partial charge < -0.3 is 20.1 Å². The number of hydrogen-bond acceptors (Lipinski definition) is 3. The maximum atomic E-state index is 12.2. The van der Waals surface area contributed by atoms with E-state index >= 15 is 0 Å². The molecule has 2 aromatic carbocycles. The van der Waals surface area contributed by atoms with E-state index in [4.69, 9.17) is 4.74 Å². The van der Waals surface area contributed by atoms with E-state index in [0.29, 0.717) is 30.2 Å². The molecule has 2 aromatic rings. The van der Waals surface area contributed by atoms with Crippen molar-refractivity contribution in [1.29, 1.82) is 0 Å². The van der Waals surface area contributed by atoms with Gasteiger partial charge in [0.2, 0.25) is 0 Å². The second kappa shape index (κ2) is 8.19. The van der Waals surface area contributed by atoms with E-state index in [1.54, 1.807) is 26.1 Å². The van der Waals surface area contributed by atoms with Crippen LogP contribution in [0.25, 0.3) is 0 Å². The third-order valence-corrected chi connectivity index (χ3v) is 3.33. The molecule has 2 rings (SSSR count). The Morgan fingerprint density at radius 2 is 1.83 bits per heavy atom. The van der Waals surface area contributed by atoms with Crippen molar-refractivity contribution in [3.63, 3.8) is 0 Å². The summed E-state index contributed by atoms with van der Waals surface area (Å²) in [4.78, 5) is 13.7. The van der Waals surface area contributed by atoms with Crippen LogP contribution in [0.15, 0.2) is 54.6 Å². The first-order valence-electron chi connectivity index (χ1n) is 7.58. The van der Waals surface area contributed by atoms with E-state index in [2.05, 4.69) is 5.32 Å². The number of aliphatic hydroxyl groups is 1. The number of ether oxygens (including phenoxy) is 1. The first kappa shape index (κ1) is 16.8. The summed E-state index contributed by atoms with van der Waals surface area (Å²) < 4.78 is 5.82. The molecule has 0 heterocycles. The Morgan fingerprint density at radius 1 is 1.17 bits per heavy atom. The predicted octanol–water partition coefficient (Wildman–Crippen LogP) is 3.71. The Kier molecular flexibility index (Phi) is 6.00. The van der Waals surface area contributed by atoms with Crippen LogP contribution in [0.1, 0.15) is 13.3 Å². The number of rotatable bonds is 6. The molecular formula is C18H22N2O3. The summed E-state index contributed by atoms with van der Waals surface area (Å²) >= 11 is 0. The molecule has 0 aliphatic heterocycles. The molecule has 2 N–H and O–H groups in total. The van der Waals surface area contributed by atoms with Crippen molar-refractivity contribution >= 4 is 11.7 Å². The summed E-state index contributed by atoms with van der Waals surface area (Å²) in [5.41, 5.74) is 0.602. The van der Waals surface area contributed by atoms with E-state index in [9.17, 15) is 9.90 Å². The van der Waals surface area contributed by atoms with Crippen LogP contribution in [0.3, 0.4) is 0 Å². The van der Waals surface area contributed by atoms with Crippen LogP contribution in [0.2, 0.25) is 0 Å². The topological polar surface area (TPSA) is 61.8 Å². The predicted molar refractivity (Wildman–Crippen MR) is 90.9 cm³/mol. The van der Waals surface area contributed by atoms with Crippen molar-refractivity contribution in [2.75, 3.05) is 18.9 Å². The van der Waals surface area contributed by atoms with Crippen LogP contribution < -0.4 is 10.1 Å². The smallest absolute Gasteiger partial charge is 0.321 e. The van der Waals surface area contributed by atoms with Crippen LogP contribution in [-0.2, 0) is 0 Å². The summed E-state index contributed by atoms with van der Waals surface area (Å²) in [6, 6.07) is 16.4. The van der Waals surface area contributed by atoms with Gasteiger partial charge >= 0.3 is 6.03 Å². The van der Waals surface area contributed by atoms with Crippen molar-refractivity contribution in [1.82, 2.24) is 4.90 Å². The van der Waals surface area contributed by atoms with Crippen LogP contribution in [0.5, 0.6) is 11.5 Å². The van der Waals surface area contributed by atoms with Gasteiger partial charge in [0, 0.05) is 13.6 Å². The minimum absolute atomic E-state index is 0.241. The Balaban J connectivity index is 2.04. The van der Waals surface area contributed by atoms with Crippen molar-refractivity contribution in [2.45, 2.75) is 19.4 Å². The molecule has 0 saturated heterocycles. The second-order valence-electron chi connectivity index (χ2n) is 5.40. The van der Waals surface area contributed by atoms with Gasteiger partial charge in [0.1, 0.15) is 5.75 Å². The average molecular weight is 314 g/mol. The van der Waals surface area contributed by atoms with Crippen LogP contribution >= 0.6 is 0 Å². The molecule has 0 radical (unpaired) electrons. The summed E-state index contributed by atoms with van der Waals surface area (Å²) in [6.07, 6.45) is 0.102. The molecule has 5 nitrogen and oxygen atoms in total. The number of hydrogen-bond donors (Lipinski definition) is 2. The zero-order chi connectivity index (χ0) is 16.7. The summed E-state index contributed by atoms with van der Waals surface area (Å²) in [6.45, 7) is 2.18. The van der Waals surface area contributed by atoms with E-state index in [1.807, 2.05) is 42.5 Å². The van der Waals surface area contributed by atoms with Gasteiger partial charge in [-0.1, -0.05) is 30.3 Å². The average Bonchev–Trinajstić information content (AvgIpc) is 2.55.